The maximum absolute atomic E-state index is 13.1. The van der Waals surface area contributed by atoms with E-state index in [9.17, 15) is 13.2 Å². The molecule has 0 aliphatic heterocycles. The zero-order valence-corrected chi connectivity index (χ0v) is 11.7. The highest BCUT2D eigenvalue weighted by Gasteiger charge is 2.37. The van der Waals surface area contributed by atoms with Gasteiger partial charge >= 0.3 is 6.18 Å². The molecule has 0 aliphatic carbocycles. The van der Waals surface area contributed by atoms with Crippen molar-refractivity contribution in [2.75, 3.05) is 0 Å². The van der Waals surface area contributed by atoms with Crippen LogP contribution >= 0.6 is 23.1 Å². The van der Waals surface area contributed by atoms with Gasteiger partial charge in [-0.3, -0.25) is 0 Å². The number of hydrogen-bond acceptors (Lipinski definition) is 5. The molecule has 0 N–H and O–H groups in total. The van der Waals surface area contributed by atoms with Crippen LogP contribution in [0.25, 0.3) is 11.0 Å². The van der Waals surface area contributed by atoms with E-state index in [1.165, 1.54) is 17.5 Å². The van der Waals surface area contributed by atoms with Crippen LogP contribution in [0.3, 0.4) is 0 Å². The molecular weight excluding hydrogens is 309 g/mol. The van der Waals surface area contributed by atoms with Crippen LogP contribution in [0.15, 0.2) is 33.3 Å². The van der Waals surface area contributed by atoms with Crippen molar-refractivity contribution < 1.29 is 13.2 Å². The van der Waals surface area contributed by atoms with Gasteiger partial charge in [-0.25, -0.2) is 15.0 Å². The van der Waals surface area contributed by atoms with E-state index in [4.69, 9.17) is 0 Å². The zero-order valence-electron chi connectivity index (χ0n) is 10.0. The predicted molar refractivity (Wildman–Crippen MR) is 69.7 cm³/mol. The fraction of sp³-hybridized carbons (Fsp3) is 0.182. The molecule has 9 heteroatoms. The summed E-state index contributed by atoms with van der Waals surface area (Å²) in [5.74, 6) is 0. The van der Waals surface area contributed by atoms with Gasteiger partial charge < -0.3 is 4.57 Å². The smallest absolute Gasteiger partial charge is 0.329 e. The Hall–Kier alpha value is -1.61. The molecule has 0 spiro atoms. The lowest BCUT2D eigenvalue weighted by atomic mass is 10.4. The lowest BCUT2D eigenvalue weighted by Crippen LogP contribution is -2.11. The molecule has 0 saturated heterocycles. The van der Waals surface area contributed by atoms with Crippen LogP contribution in [0.5, 0.6) is 0 Å². The van der Waals surface area contributed by atoms with Crippen LogP contribution in [-0.4, -0.2) is 19.5 Å². The molecule has 0 radical (unpaired) electrons. The highest BCUT2D eigenvalue weighted by molar-refractivity contribution is 7.99. The summed E-state index contributed by atoms with van der Waals surface area (Å²) < 4.78 is 40.8. The lowest BCUT2D eigenvalue weighted by molar-refractivity contribution is -0.143. The SMILES string of the molecule is Cn1ccnc1Sc1nc2cscc2nc1C(F)(F)F. The maximum atomic E-state index is 13.1. The third-order valence-electron chi connectivity index (χ3n) is 2.51. The topological polar surface area (TPSA) is 43.6 Å². The predicted octanol–water partition coefficient (Wildman–Crippen LogP) is 3.59. The van der Waals surface area contributed by atoms with Crippen molar-refractivity contribution in [1.82, 2.24) is 19.5 Å². The average molecular weight is 316 g/mol. The van der Waals surface area contributed by atoms with Crippen LogP contribution in [-0.2, 0) is 13.2 Å². The minimum atomic E-state index is -4.55. The van der Waals surface area contributed by atoms with Crippen molar-refractivity contribution in [1.29, 1.82) is 0 Å². The first-order valence-corrected chi connectivity index (χ1v) is 7.17. The Balaban J connectivity index is 2.14. The van der Waals surface area contributed by atoms with Gasteiger partial charge in [-0.1, -0.05) is 0 Å². The van der Waals surface area contributed by atoms with Gasteiger partial charge in [0.15, 0.2) is 10.9 Å². The number of hydrogen-bond donors (Lipinski definition) is 0. The number of aryl methyl sites for hydroxylation is 1. The van der Waals surface area contributed by atoms with Gasteiger partial charge in [-0.05, 0) is 11.8 Å². The summed E-state index contributed by atoms with van der Waals surface area (Å²) in [5.41, 5.74) is -0.261. The molecule has 0 atom stereocenters. The van der Waals surface area contributed by atoms with Crippen LogP contribution in [0.4, 0.5) is 13.2 Å². The molecule has 4 nitrogen and oxygen atoms in total. The minimum Gasteiger partial charge on any atom is -0.329 e. The van der Waals surface area contributed by atoms with Crippen LogP contribution in [0.2, 0.25) is 0 Å². The third kappa shape index (κ3) is 2.38. The van der Waals surface area contributed by atoms with E-state index in [0.717, 1.165) is 11.8 Å². The largest absolute Gasteiger partial charge is 0.436 e. The molecular formula is C11H7F3N4S2. The van der Waals surface area contributed by atoms with E-state index >= 15 is 0 Å². The van der Waals surface area contributed by atoms with Gasteiger partial charge in [-0.15, -0.1) is 11.3 Å². The van der Waals surface area contributed by atoms with Gasteiger partial charge in [0.2, 0.25) is 0 Å². The summed E-state index contributed by atoms with van der Waals surface area (Å²) in [7, 11) is 1.71. The number of fused-ring (bicyclic) bond motifs is 1. The molecule has 20 heavy (non-hydrogen) atoms. The standard InChI is InChI=1S/C11H7F3N4S2/c1-18-3-2-15-10(18)20-9-8(11(12,13)14)16-6-4-19-5-7(6)17-9/h2-5H,1H3. The van der Waals surface area contributed by atoms with E-state index < -0.39 is 11.9 Å². The van der Waals surface area contributed by atoms with E-state index in [1.54, 1.807) is 28.6 Å². The normalized spacial score (nSPS) is 12.2. The maximum Gasteiger partial charge on any atom is 0.436 e. The fourth-order valence-corrected chi connectivity index (χ4v) is 3.14. The highest BCUT2D eigenvalue weighted by Crippen LogP contribution is 2.37. The third-order valence-corrected chi connectivity index (χ3v) is 4.28. The Morgan fingerprint density at radius 3 is 2.50 bits per heavy atom. The molecule has 3 heterocycles. The van der Waals surface area contributed by atoms with Gasteiger partial charge in [0, 0.05) is 30.2 Å². The molecule has 0 amide bonds. The molecule has 104 valence electrons. The monoisotopic (exact) mass is 316 g/mol. The van der Waals surface area contributed by atoms with E-state index in [1.807, 2.05) is 0 Å². The van der Waals surface area contributed by atoms with Crippen molar-refractivity contribution in [2.24, 2.45) is 7.05 Å². The first-order chi connectivity index (χ1) is 9.45. The van der Waals surface area contributed by atoms with Crippen LogP contribution in [0, 0.1) is 0 Å². The van der Waals surface area contributed by atoms with Crippen molar-refractivity contribution >= 4 is 34.1 Å². The molecule has 0 saturated carbocycles. The summed E-state index contributed by atoms with van der Waals surface area (Å²) in [5, 5.41) is 3.47. The summed E-state index contributed by atoms with van der Waals surface area (Å²) >= 11 is 2.13. The first kappa shape index (κ1) is 13.4. The summed E-state index contributed by atoms with van der Waals surface area (Å²) in [6.07, 6.45) is -1.37. The van der Waals surface area contributed by atoms with Crippen LogP contribution < -0.4 is 0 Å². The molecule has 0 unspecified atom stereocenters. The summed E-state index contributed by atoms with van der Waals surface area (Å²) in [6.45, 7) is 0. The second-order valence-corrected chi connectivity index (χ2v) is 5.64. The number of imidazole rings is 1. The van der Waals surface area contributed by atoms with E-state index in [0.29, 0.717) is 10.7 Å². The molecule has 3 aromatic heterocycles. The van der Waals surface area contributed by atoms with Crippen molar-refractivity contribution in [3.05, 3.63) is 28.8 Å². The first-order valence-electron chi connectivity index (χ1n) is 5.41. The summed E-state index contributed by atoms with van der Waals surface area (Å²) in [4.78, 5) is 11.7. The fourth-order valence-electron chi connectivity index (χ4n) is 1.57. The van der Waals surface area contributed by atoms with Crippen LogP contribution in [0.1, 0.15) is 5.69 Å². The lowest BCUT2D eigenvalue weighted by Gasteiger charge is -2.10. The number of aromatic nitrogens is 4. The Morgan fingerprint density at radius 2 is 1.90 bits per heavy atom. The number of halogens is 3. The van der Waals surface area contributed by atoms with E-state index in [-0.39, 0.29) is 10.5 Å². The molecule has 0 aliphatic rings. The second kappa shape index (κ2) is 4.74. The van der Waals surface area contributed by atoms with Crippen molar-refractivity contribution in [3.63, 3.8) is 0 Å². The molecule has 0 bridgehead atoms. The Bertz CT molecular complexity index is 762. The van der Waals surface area contributed by atoms with Gasteiger partial charge in [0.1, 0.15) is 16.1 Å². The second-order valence-electron chi connectivity index (χ2n) is 3.94. The Morgan fingerprint density at radius 1 is 1.20 bits per heavy atom. The van der Waals surface area contributed by atoms with Gasteiger partial charge in [0.25, 0.3) is 0 Å². The van der Waals surface area contributed by atoms with Gasteiger partial charge in [-0.2, -0.15) is 13.2 Å². The number of thiophene rings is 1. The number of nitrogens with zero attached hydrogens (tertiary/aromatic N) is 4. The van der Waals surface area contributed by atoms with Gasteiger partial charge in [0.05, 0.1) is 0 Å². The number of rotatable bonds is 2. The number of alkyl halides is 3. The van der Waals surface area contributed by atoms with Crippen molar-refractivity contribution in [2.45, 2.75) is 16.4 Å². The molecule has 0 fully saturated rings. The highest BCUT2D eigenvalue weighted by atomic mass is 32.2. The molecule has 3 aromatic rings. The molecule has 3 rings (SSSR count). The quantitative estimate of drug-likeness (QED) is 0.724. The zero-order chi connectivity index (χ0) is 14.3. The summed E-state index contributed by atoms with van der Waals surface area (Å²) in [6, 6.07) is 0. The Kier molecular flexibility index (Phi) is 3.17. The van der Waals surface area contributed by atoms with E-state index in [2.05, 4.69) is 15.0 Å². The Labute approximate surface area is 119 Å². The molecule has 0 aromatic carbocycles. The minimum absolute atomic E-state index is 0.183. The average Bonchev–Trinajstić information content (AvgIpc) is 2.96. The van der Waals surface area contributed by atoms with Crippen molar-refractivity contribution in [3.8, 4) is 0 Å².